The Bertz CT molecular complexity index is 663. The van der Waals surface area contributed by atoms with E-state index in [-0.39, 0.29) is 5.91 Å². The first-order valence-electron chi connectivity index (χ1n) is 5.85. The van der Waals surface area contributed by atoms with Crippen LogP contribution < -0.4 is 5.32 Å². The van der Waals surface area contributed by atoms with Crippen molar-refractivity contribution in [1.82, 2.24) is 9.88 Å². The highest BCUT2D eigenvalue weighted by Crippen LogP contribution is 2.34. The summed E-state index contributed by atoms with van der Waals surface area (Å²) < 4.78 is 3.03. The van der Waals surface area contributed by atoms with E-state index in [2.05, 4.69) is 25.8 Å². The highest BCUT2D eigenvalue weighted by Gasteiger charge is 2.23. The van der Waals surface area contributed by atoms with Crippen LogP contribution in [0.25, 0.3) is 10.9 Å². The second-order valence-corrected chi connectivity index (χ2v) is 5.81. The summed E-state index contributed by atoms with van der Waals surface area (Å²) in [6.07, 6.45) is 0.941. The largest absolute Gasteiger partial charge is 0.351 e. The van der Waals surface area contributed by atoms with E-state index in [4.69, 9.17) is 11.6 Å². The Morgan fingerprint density at radius 1 is 1.44 bits per heavy atom. The number of hydrogen-bond acceptors (Lipinski definition) is 1. The Hall–Kier alpha value is -1.00. The smallest absolute Gasteiger partial charge is 0.268 e. The average Bonchev–Trinajstić information content (AvgIpc) is 2.46. The topological polar surface area (TPSA) is 34.0 Å². The lowest BCUT2D eigenvalue weighted by atomic mass is 10.1. The predicted octanol–water partition coefficient (Wildman–Crippen LogP) is 3.50. The van der Waals surface area contributed by atoms with E-state index in [1.54, 1.807) is 0 Å². The molecule has 0 aliphatic carbocycles. The maximum absolute atomic E-state index is 12.1. The first kappa shape index (κ1) is 12.1. The van der Waals surface area contributed by atoms with Crippen molar-refractivity contribution >= 4 is 44.3 Å². The maximum Gasteiger partial charge on any atom is 0.268 e. The fraction of sp³-hybridized carbons (Fsp3) is 0.308. The zero-order valence-corrected chi connectivity index (χ0v) is 12.2. The minimum Gasteiger partial charge on any atom is -0.351 e. The van der Waals surface area contributed by atoms with Gasteiger partial charge in [0.25, 0.3) is 5.91 Å². The van der Waals surface area contributed by atoms with Crippen molar-refractivity contribution in [2.75, 3.05) is 6.54 Å². The molecule has 2 aromatic rings. The van der Waals surface area contributed by atoms with Crippen LogP contribution in [0.3, 0.4) is 0 Å². The van der Waals surface area contributed by atoms with Crippen LogP contribution in [0.1, 0.15) is 22.5 Å². The number of aryl methyl sites for hydroxylation is 2. The molecule has 0 fully saturated rings. The SMILES string of the molecule is Cc1c2n(c3c(Br)cc(Cl)cc13)CCCNC2=O. The van der Waals surface area contributed by atoms with E-state index < -0.39 is 0 Å². The van der Waals surface area contributed by atoms with Gasteiger partial charge in [-0.25, -0.2) is 0 Å². The Kier molecular flexibility index (Phi) is 2.87. The number of benzene rings is 1. The third kappa shape index (κ3) is 1.67. The van der Waals surface area contributed by atoms with Gasteiger partial charge in [0.1, 0.15) is 5.69 Å². The predicted molar refractivity (Wildman–Crippen MR) is 76.3 cm³/mol. The van der Waals surface area contributed by atoms with E-state index in [0.717, 1.165) is 46.1 Å². The first-order chi connectivity index (χ1) is 8.59. The van der Waals surface area contributed by atoms with Gasteiger partial charge in [-0.2, -0.15) is 0 Å². The Labute approximate surface area is 118 Å². The summed E-state index contributed by atoms with van der Waals surface area (Å²) in [4.78, 5) is 12.1. The number of aromatic nitrogens is 1. The van der Waals surface area contributed by atoms with E-state index in [9.17, 15) is 4.79 Å². The number of rotatable bonds is 0. The molecule has 0 atom stereocenters. The summed E-state index contributed by atoms with van der Waals surface area (Å²) in [6, 6.07) is 3.80. The van der Waals surface area contributed by atoms with Crippen LogP contribution in [0.4, 0.5) is 0 Å². The zero-order chi connectivity index (χ0) is 12.9. The number of carbonyl (C=O) groups is 1. The van der Waals surface area contributed by atoms with Crippen molar-refractivity contribution in [3.8, 4) is 0 Å². The molecule has 1 aliphatic rings. The van der Waals surface area contributed by atoms with Gasteiger partial charge < -0.3 is 9.88 Å². The molecule has 0 unspecified atom stereocenters. The molecule has 5 heteroatoms. The molecule has 1 aromatic heterocycles. The summed E-state index contributed by atoms with van der Waals surface area (Å²) in [5.74, 6) is 0.00391. The quantitative estimate of drug-likeness (QED) is 0.789. The van der Waals surface area contributed by atoms with Crippen molar-refractivity contribution in [2.45, 2.75) is 19.9 Å². The van der Waals surface area contributed by atoms with Crippen LogP contribution >= 0.6 is 27.5 Å². The number of amides is 1. The van der Waals surface area contributed by atoms with Crippen molar-refractivity contribution < 1.29 is 4.79 Å². The van der Waals surface area contributed by atoms with Crippen LogP contribution in [0.5, 0.6) is 0 Å². The molecule has 1 N–H and O–H groups in total. The maximum atomic E-state index is 12.1. The van der Waals surface area contributed by atoms with Crippen LogP contribution in [0, 0.1) is 6.92 Å². The van der Waals surface area contributed by atoms with E-state index in [0.29, 0.717) is 5.02 Å². The lowest BCUT2D eigenvalue weighted by Crippen LogP contribution is -2.23. The van der Waals surface area contributed by atoms with Crippen LogP contribution in [-0.2, 0) is 6.54 Å². The number of halogens is 2. The highest BCUT2D eigenvalue weighted by molar-refractivity contribution is 9.10. The lowest BCUT2D eigenvalue weighted by Gasteiger charge is -2.06. The molecule has 1 aromatic carbocycles. The molecule has 94 valence electrons. The molecule has 3 rings (SSSR count). The molecular formula is C13H12BrClN2O. The summed E-state index contributed by atoms with van der Waals surface area (Å²) in [6.45, 7) is 3.55. The van der Waals surface area contributed by atoms with Crippen molar-refractivity contribution in [2.24, 2.45) is 0 Å². The third-order valence-electron chi connectivity index (χ3n) is 3.39. The summed E-state index contributed by atoms with van der Waals surface area (Å²) in [5.41, 5.74) is 2.81. The fourth-order valence-electron chi connectivity index (χ4n) is 2.61. The third-order valence-corrected chi connectivity index (χ3v) is 4.21. The van der Waals surface area contributed by atoms with Gasteiger partial charge in [-0.1, -0.05) is 11.6 Å². The average molecular weight is 328 g/mol. The highest BCUT2D eigenvalue weighted by atomic mass is 79.9. The number of hydrogen-bond donors (Lipinski definition) is 1. The van der Waals surface area contributed by atoms with Gasteiger partial charge in [0.15, 0.2) is 0 Å². The molecule has 0 radical (unpaired) electrons. The molecular weight excluding hydrogens is 316 g/mol. The van der Waals surface area contributed by atoms with Crippen LogP contribution in [-0.4, -0.2) is 17.0 Å². The second kappa shape index (κ2) is 4.28. The van der Waals surface area contributed by atoms with Gasteiger partial charge >= 0.3 is 0 Å². The minimum absolute atomic E-state index is 0.00391. The Balaban J connectivity index is 2.43. The molecule has 2 heterocycles. The van der Waals surface area contributed by atoms with E-state index >= 15 is 0 Å². The van der Waals surface area contributed by atoms with Crippen LogP contribution in [0.2, 0.25) is 5.02 Å². The van der Waals surface area contributed by atoms with Crippen LogP contribution in [0.15, 0.2) is 16.6 Å². The number of fused-ring (bicyclic) bond motifs is 3. The number of nitrogens with zero attached hydrogens (tertiary/aromatic N) is 1. The minimum atomic E-state index is 0.00391. The second-order valence-electron chi connectivity index (χ2n) is 4.52. The van der Waals surface area contributed by atoms with Gasteiger partial charge in [0, 0.05) is 28.0 Å². The summed E-state index contributed by atoms with van der Waals surface area (Å²) in [7, 11) is 0. The number of carbonyl (C=O) groups excluding carboxylic acids is 1. The lowest BCUT2D eigenvalue weighted by molar-refractivity contribution is 0.0951. The van der Waals surface area contributed by atoms with Crippen molar-refractivity contribution in [3.05, 3.63) is 32.9 Å². The molecule has 0 saturated carbocycles. The van der Waals surface area contributed by atoms with E-state index in [1.165, 1.54) is 0 Å². The monoisotopic (exact) mass is 326 g/mol. The summed E-state index contributed by atoms with van der Waals surface area (Å²) >= 11 is 9.64. The normalized spacial score (nSPS) is 15.4. The van der Waals surface area contributed by atoms with Crippen molar-refractivity contribution in [1.29, 1.82) is 0 Å². The Morgan fingerprint density at radius 2 is 2.22 bits per heavy atom. The van der Waals surface area contributed by atoms with Gasteiger partial charge in [0.05, 0.1) is 5.52 Å². The molecule has 1 aliphatic heterocycles. The first-order valence-corrected chi connectivity index (χ1v) is 7.02. The van der Waals surface area contributed by atoms with Crippen molar-refractivity contribution in [3.63, 3.8) is 0 Å². The van der Waals surface area contributed by atoms with Gasteiger partial charge in [-0.15, -0.1) is 0 Å². The zero-order valence-electron chi connectivity index (χ0n) is 9.89. The molecule has 3 nitrogen and oxygen atoms in total. The molecule has 1 amide bonds. The number of nitrogens with one attached hydrogen (secondary N) is 1. The van der Waals surface area contributed by atoms with Gasteiger partial charge in [-0.05, 0) is 47.0 Å². The molecule has 18 heavy (non-hydrogen) atoms. The standard InChI is InChI=1S/C13H12BrClN2O/c1-7-9-5-8(15)6-10(14)12(9)17-4-2-3-16-13(18)11(7)17/h5-6H,2-4H2,1H3,(H,16,18). The van der Waals surface area contributed by atoms with Gasteiger partial charge in [0.2, 0.25) is 0 Å². The Morgan fingerprint density at radius 3 is 3.00 bits per heavy atom. The molecule has 0 spiro atoms. The van der Waals surface area contributed by atoms with E-state index in [1.807, 2.05) is 19.1 Å². The molecule has 0 saturated heterocycles. The molecule has 0 bridgehead atoms. The fourth-order valence-corrected chi connectivity index (χ4v) is 3.63. The van der Waals surface area contributed by atoms with Gasteiger partial charge in [-0.3, -0.25) is 4.79 Å². The summed E-state index contributed by atoms with van der Waals surface area (Å²) in [5, 5.41) is 4.65.